The van der Waals surface area contributed by atoms with Crippen molar-refractivity contribution in [1.82, 2.24) is 4.90 Å². The molecule has 5 atom stereocenters. The van der Waals surface area contributed by atoms with Crippen LogP contribution in [0.25, 0.3) is 0 Å². The van der Waals surface area contributed by atoms with Crippen LogP contribution in [0.15, 0.2) is 43.5 Å². The average Bonchev–Trinajstić information content (AvgIpc) is 3.54. The number of nitrogens with zero attached hydrogens (tertiary/aromatic N) is 2. The molecule has 1 aromatic rings. The van der Waals surface area contributed by atoms with Crippen molar-refractivity contribution in [2.24, 2.45) is 11.8 Å². The van der Waals surface area contributed by atoms with Crippen LogP contribution in [0.5, 0.6) is 0 Å². The number of rotatable bonds is 13. The Hall–Kier alpha value is -2.58. The third-order valence-electron chi connectivity index (χ3n) is 8.14. The average molecular weight is 541 g/mol. The van der Waals surface area contributed by atoms with Gasteiger partial charge in [-0.2, -0.15) is 0 Å². The number of likely N-dealkylation sites (tertiary alicyclic amines) is 1. The second-order valence-corrected chi connectivity index (χ2v) is 12.2. The summed E-state index contributed by atoms with van der Waals surface area (Å²) in [4.78, 5) is 45.3. The fourth-order valence-electron chi connectivity index (χ4n) is 6.43. The van der Waals surface area contributed by atoms with E-state index in [1.807, 2.05) is 32.0 Å². The monoisotopic (exact) mass is 540 g/mol. The maximum atomic E-state index is 14.5. The highest BCUT2D eigenvalue weighted by atomic mass is 32.2. The van der Waals surface area contributed by atoms with E-state index >= 15 is 0 Å². The van der Waals surface area contributed by atoms with Crippen molar-refractivity contribution in [2.45, 2.75) is 68.4 Å². The molecule has 7 nitrogen and oxygen atoms in total. The standard InChI is InChI=1S/C30H40N2O5S/c1-5-7-10-18-37-29(36)24-23-13-14-30(38-23)25(24)27(34)32(16-8-9-17-33)26(30)28(35)31(15-6-2)22-19-20(3)11-12-21(22)4/h5-6,11-12,19,23-26,33H,1-2,7-10,13-18H2,3-4H3/t23-,24+,25+,26?,30?/m1/s1. The first-order valence-corrected chi connectivity index (χ1v) is 14.5. The number of thioether (sulfide) groups is 1. The van der Waals surface area contributed by atoms with Crippen LogP contribution in [0.4, 0.5) is 5.69 Å². The lowest BCUT2D eigenvalue weighted by molar-refractivity contribution is -0.154. The maximum absolute atomic E-state index is 14.5. The fraction of sp³-hybridized carbons (Fsp3) is 0.567. The first-order valence-electron chi connectivity index (χ1n) is 13.7. The van der Waals surface area contributed by atoms with E-state index in [-0.39, 0.29) is 29.6 Å². The van der Waals surface area contributed by atoms with E-state index < -0.39 is 22.6 Å². The number of aliphatic hydroxyl groups is 1. The molecule has 1 spiro atoms. The summed E-state index contributed by atoms with van der Waals surface area (Å²) in [5.74, 6) is -1.72. The zero-order chi connectivity index (χ0) is 27.4. The zero-order valence-electron chi connectivity index (χ0n) is 22.6. The number of ether oxygens (including phenoxy) is 1. The molecule has 2 unspecified atom stereocenters. The highest BCUT2D eigenvalue weighted by Gasteiger charge is 2.74. The number of allylic oxidation sites excluding steroid dienone is 1. The molecule has 2 amide bonds. The number of hydrogen-bond acceptors (Lipinski definition) is 6. The minimum Gasteiger partial charge on any atom is -0.465 e. The number of carbonyl (C=O) groups excluding carboxylic acids is 3. The summed E-state index contributed by atoms with van der Waals surface area (Å²) < 4.78 is 4.97. The number of amides is 2. The first-order chi connectivity index (χ1) is 18.3. The molecule has 38 heavy (non-hydrogen) atoms. The second kappa shape index (κ2) is 12.1. The van der Waals surface area contributed by atoms with Gasteiger partial charge >= 0.3 is 5.97 Å². The predicted molar refractivity (Wildman–Crippen MR) is 151 cm³/mol. The largest absolute Gasteiger partial charge is 0.465 e. The van der Waals surface area contributed by atoms with Crippen LogP contribution in [0.3, 0.4) is 0 Å². The van der Waals surface area contributed by atoms with Gasteiger partial charge in [-0.3, -0.25) is 14.4 Å². The number of esters is 1. The van der Waals surface area contributed by atoms with Crippen molar-refractivity contribution < 1.29 is 24.2 Å². The molecule has 4 rings (SSSR count). The Morgan fingerprint density at radius 1 is 1.24 bits per heavy atom. The van der Waals surface area contributed by atoms with Crippen molar-refractivity contribution in [3.05, 3.63) is 54.6 Å². The number of aliphatic hydroxyl groups excluding tert-OH is 1. The minimum atomic E-state index is -0.688. The van der Waals surface area contributed by atoms with Crippen molar-refractivity contribution in [3.63, 3.8) is 0 Å². The minimum absolute atomic E-state index is 0.0246. The zero-order valence-corrected chi connectivity index (χ0v) is 23.4. The van der Waals surface area contributed by atoms with Gasteiger partial charge in [0.15, 0.2) is 0 Å². The summed E-state index contributed by atoms with van der Waals surface area (Å²) in [5.41, 5.74) is 2.83. The normalized spacial score (nSPS) is 27.3. The molecule has 3 saturated heterocycles. The smallest absolute Gasteiger partial charge is 0.310 e. The molecule has 1 aromatic carbocycles. The van der Waals surface area contributed by atoms with Crippen LogP contribution in [0.1, 0.15) is 49.7 Å². The molecule has 1 N–H and O–H groups in total. The summed E-state index contributed by atoms with van der Waals surface area (Å²) in [7, 11) is 0. The Kier molecular flexibility index (Phi) is 9.04. The number of aryl methyl sites for hydroxylation is 2. The van der Waals surface area contributed by atoms with Gasteiger partial charge in [0.2, 0.25) is 5.91 Å². The topological polar surface area (TPSA) is 87.1 Å². The molecular weight excluding hydrogens is 500 g/mol. The van der Waals surface area contributed by atoms with E-state index in [0.717, 1.165) is 29.7 Å². The molecule has 3 heterocycles. The summed E-state index contributed by atoms with van der Waals surface area (Å²) in [6, 6.07) is 5.33. The van der Waals surface area contributed by atoms with Crippen LogP contribution in [0, 0.1) is 25.7 Å². The van der Waals surface area contributed by atoms with Crippen molar-refractivity contribution in [3.8, 4) is 0 Å². The summed E-state index contributed by atoms with van der Waals surface area (Å²) in [5, 5.41) is 9.36. The van der Waals surface area contributed by atoms with Gasteiger partial charge in [-0.15, -0.1) is 24.9 Å². The molecule has 0 saturated carbocycles. The second-order valence-electron chi connectivity index (χ2n) is 10.6. The Morgan fingerprint density at radius 2 is 2.03 bits per heavy atom. The SMILES string of the molecule is C=CCCCOC(=O)[C@@H]1[C@H]2C(=O)N(CCCCO)C(C(=O)N(CC=C)c3cc(C)ccc3C)C23CC[C@H]1S3. The van der Waals surface area contributed by atoms with Gasteiger partial charge in [0.25, 0.3) is 5.91 Å². The van der Waals surface area contributed by atoms with Gasteiger partial charge in [-0.05, 0) is 69.6 Å². The third-order valence-corrected chi connectivity index (χ3v) is 10.1. The summed E-state index contributed by atoms with van der Waals surface area (Å²) >= 11 is 1.65. The quantitative estimate of drug-likeness (QED) is 0.229. The molecule has 0 aliphatic carbocycles. The van der Waals surface area contributed by atoms with E-state index in [0.29, 0.717) is 45.4 Å². The Labute approximate surface area is 230 Å². The number of hydrogen-bond donors (Lipinski definition) is 1. The number of fused-ring (bicyclic) bond motifs is 1. The van der Waals surface area contributed by atoms with E-state index in [9.17, 15) is 19.5 Å². The molecule has 3 fully saturated rings. The van der Waals surface area contributed by atoms with Crippen LogP contribution in [-0.4, -0.2) is 70.1 Å². The Balaban J connectivity index is 1.70. The van der Waals surface area contributed by atoms with Crippen molar-refractivity contribution >= 4 is 35.2 Å². The van der Waals surface area contributed by atoms with Gasteiger partial charge in [0.05, 0.1) is 23.2 Å². The van der Waals surface area contributed by atoms with Crippen LogP contribution >= 0.6 is 11.8 Å². The van der Waals surface area contributed by atoms with Gasteiger partial charge in [0.1, 0.15) is 6.04 Å². The maximum Gasteiger partial charge on any atom is 0.310 e. The molecule has 3 aliphatic rings. The van der Waals surface area contributed by atoms with Crippen LogP contribution < -0.4 is 4.90 Å². The van der Waals surface area contributed by atoms with Crippen LogP contribution in [-0.2, 0) is 19.1 Å². The van der Waals surface area contributed by atoms with Crippen LogP contribution in [0.2, 0.25) is 0 Å². The highest BCUT2D eigenvalue weighted by molar-refractivity contribution is 8.02. The predicted octanol–water partition coefficient (Wildman–Crippen LogP) is 4.20. The van der Waals surface area contributed by atoms with Gasteiger partial charge in [0, 0.05) is 30.6 Å². The number of benzene rings is 1. The number of anilines is 1. The van der Waals surface area contributed by atoms with Gasteiger partial charge in [-0.1, -0.05) is 24.3 Å². The lowest BCUT2D eigenvalue weighted by Gasteiger charge is -2.37. The lowest BCUT2D eigenvalue weighted by Crippen LogP contribution is -2.55. The van der Waals surface area contributed by atoms with Crippen molar-refractivity contribution in [2.75, 3.05) is 31.2 Å². The molecule has 8 heteroatoms. The van der Waals surface area contributed by atoms with E-state index in [1.54, 1.807) is 33.7 Å². The fourth-order valence-corrected chi connectivity index (χ4v) is 8.63. The Bertz CT molecular complexity index is 1090. The van der Waals surface area contributed by atoms with Gasteiger partial charge < -0.3 is 19.6 Å². The lowest BCUT2D eigenvalue weighted by atomic mass is 9.71. The molecule has 206 valence electrons. The Morgan fingerprint density at radius 3 is 2.74 bits per heavy atom. The number of carbonyl (C=O) groups is 3. The van der Waals surface area contributed by atoms with E-state index in [4.69, 9.17) is 4.74 Å². The van der Waals surface area contributed by atoms with E-state index in [1.165, 1.54) is 0 Å². The summed E-state index contributed by atoms with van der Waals surface area (Å²) in [6.45, 7) is 12.6. The summed E-state index contributed by atoms with van der Waals surface area (Å²) in [6.07, 6.45) is 7.58. The highest BCUT2D eigenvalue weighted by Crippen LogP contribution is 2.66. The first kappa shape index (κ1) is 28.4. The van der Waals surface area contributed by atoms with Gasteiger partial charge in [-0.25, -0.2) is 0 Å². The van der Waals surface area contributed by atoms with Crippen molar-refractivity contribution in [1.29, 1.82) is 0 Å². The molecular formula is C30H40N2O5S. The van der Waals surface area contributed by atoms with E-state index in [2.05, 4.69) is 13.2 Å². The molecule has 2 bridgehead atoms. The molecule has 0 radical (unpaired) electrons. The molecule has 3 aliphatic heterocycles. The number of unbranched alkanes of at least 4 members (excludes halogenated alkanes) is 2. The third kappa shape index (κ3) is 5.05. The molecule has 0 aromatic heterocycles.